The number of hydrogen-bond acceptors (Lipinski definition) is 3. The fourth-order valence-corrected chi connectivity index (χ4v) is 3.30. The van der Waals surface area contributed by atoms with Crippen LogP contribution in [0.5, 0.6) is 0 Å². The number of aryl methyl sites for hydroxylation is 1. The standard InChI is InChI=1S/C20H22N2O3/c23-18(11-10-15-6-2-1-3-7-15)16-8-5-13-22(14-16)20(25)17-9-4-12-21-19(17)24/h1-4,6-7,9,12,16H,5,8,10-11,13-14H2,(H,21,24)/t16-/m0/s1. The summed E-state index contributed by atoms with van der Waals surface area (Å²) in [5.41, 5.74) is 0.903. The number of aromatic amines is 1. The van der Waals surface area contributed by atoms with E-state index in [1.807, 2.05) is 30.3 Å². The van der Waals surface area contributed by atoms with E-state index in [2.05, 4.69) is 4.98 Å². The fourth-order valence-electron chi connectivity index (χ4n) is 3.30. The Bertz CT molecular complexity index is 798. The molecule has 5 nitrogen and oxygen atoms in total. The Kier molecular flexibility index (Phi) is 5.43. The molecule has 1 saturated heterocycles. The van der Waals surface area contributed by atoms with Crippen molar-refractivity contribution in [2.45, 2.75) is 25.7 Å². The second kappa shape index (κ2) is 7.92. The predicted octanol–water partition coefficient (Wildman–Crippen LogP) is 2.43. The number of amides is 1. The third-order valence-electron chi connectivity index (χ3n) is 4.72. The van der Waals surface area contributed by atoms with Crippen LogP contribution in [-0.2, 0) is 11.2 Å². The molecule has 130 valence electrons. The summed E-state index contributed by atoms with van der Waals surface area (Å²) in [7, 11) is 0. The van der Waals surface area contributed by atoms with Crippen LogP contribution >= 0.6 is 0 Å². The zero-order valence-electron chi connectivity index (χ0n) is 14.1. The third kappa shape index (κ3) is 4.24. The van der Waals surface area contributed by atoms with Crippen molar-refractivity contribution in [2.75, 3.05) is 13.1 Å². The highest BCUT2D eigenvalue weighted by Gasteiger charge is 2.29. The number of rotatable bonds is 5. The minimum atomic E-state index is -0.384. The van der Waals surface area contributed by atoms with Crippen molar-refractivity contribution in [3.63, 3.8) is 0 Å². The molecule has 2 heterocycles. The fraction of sp³-hybridized carbons (Fsp3) is 0.350. The van der Waals surface area contributed by atoms with E-state index < -0.39 is 0 Å². The van der Waals surface area contributed by atoms with Crippen molar-refractivity contribution in [2.24, 2.45) is 5.92 Å². The van der Waals surface area contributed by atoms with Gasteiger partial charge in [-0.2, -0.15) is 0 Å². The number of ketones is 1. The minimum absolute atomic E-state index is 0.135. The Morgan fingerprint density at radius 2 is 1.92 bits per heavy atom. The second-order valence-electron chi connectivity index (χ2n) is 6.46. The van der Waals surface area contributed by atoms with Crippen LogP contribution in [0, 0.1) is 5.92 Å². The molecule has 1 amide bonds. The molecule has 3 rings (SSSR count). The Labute approximate surface area is 146 Å². The maximum absolute atomic E-state index is 12.6. The SMILES string of the molecule is O=C(CCc1ccccc1)[C@H]1CCCN(C(=O)c2ccc[nH]c2=O)C1. The zero-order chi connectivity index (χ0) is 17.6. The number of pyridine rings is 1. The number of hydrogen-bond donors (Lipinski definition) is 1. The number of Topliss-reactive ketones (excluding diaryl/α,β-unsaturated/α-hetero) is 1. The number of nitrogens with one attached hydrogen (secondary N) is 1. The van der Waals surface area contributed by atoms with Crippen molar-refractivity contribution in [1.29, 1.82) is 0 Å². The van der Waals surface area contributed by atoms with E-state index in [9.17, 15) is 14.4 Å². The molecule has 25 heavy (non-hydrogen) atoms. The van der Waals surface area contributed by atoms with Gasteiger partial charge in [-0.05, 0) is 37.0 Å². The molecule has 2 aromatic rings. The van der Waals surface area contributed by atoms with Crippen LogP contribution in [-0.4, -0.2) is 34.7 Å². The lowest BCUT2D eigenvalue weighted by molar-refractivity contribution is -0.124. The van der Waals surface area contributed by atoms with E-state index >= 15 is 0 Å². The lowest BCUT2D eigenvalue weighted by Crippen LogP contribution is -2.43. The number of carbonyl (C=O) groups excluding carboxylic acids is 2. The largest absolute Gasteiger partial charge is 0.338 e. The summed E-state index contributed by atoms with van der Waals surface area (Å²) >= 11 is 0. The molecule has 0 bridgehead atoms. The molecular formula is C20H22N2O3. The molecule has 0 radical (unpaired) electrons. The second-order valence-corrected chi connectivity index (χ2v) is 6.46. The first-order valence-corrected chi connectivity index (χ1v) is 8.69. The van der Waals surface area contributed by atoms with Gasteiger partial charge in [0, 0.05) is 31.6 Å². The van der Waals surface area contributed by atoms with Crippen molar-refractivity contribution in [3.05, 3.63) is 70.1 Å². The van der Waals surface area contributed by atoms with Gasteiger partial charge in [0.15, 0.2) is 0 Å². The van der Waals surface area contributed by atoms with Crippen LogP contribution in [0.15, 0.2) is 53.5 Å². The lowest BCUT2D eigenvalue weighted by atomic mass is 9.90. The number of piperidine rings is 1. The van der Waals surface area contributed by atoms with Crippen molar-refractivity contribution in [1.82, 2.24) is 9.88 Å². The minimum Gasteiger partial charge on any atom is -0.338 e. The monoisotopic (exact) mass is 338 g/mol. The van der Waals surface area contributed by atoms with Crippen molar-refractivity contribution in [3.8, 4) is 0 Å². The summed E-state index contributed by atoms with van der Waals surface area (Å²) in [4.78, 5) is 41.1. The first-order chi connectivity index (χ1) is 12.1. The van der Waals surface area contributed by atoms with E-state index in [0.717, 1.165) is 24.8 Å². The molecule has 0 spiro atoms. The average Bonchev–Trinajstić information content (AvgIpc) is 2.67. The Morgan fingerprint density at radius 1 is 1.12 bits per heavy atom. The molecule has 1 N–H and O–H groups in total. The molecule has 0 aliphatic carbocycles. The van der Waals surface area contributed by atoms with Gasteiger partial charge in [-0.25, -0.2) is 0 Å². The van der Waals surface area contributed by atoms with E-state index in [1.54, 1.807) is 11.0 Å². The van der Waals surface area contributed by atoms with Gasteiger partial charge in [0.2, 0.25) is 0 Å². The van der Waals surface area contributed by atoms with Crippen LogP contribution in [0.3, 0.4) is 0 Å². The molecule has 0 saturated carbocycles. The number of aromatic nitrogens is 1. The molecular weight excluding hydrogens is 316 g/mol. The normalized spacial score (nSPS) is 17.3. The maximum atomic E-state index is 12.6. The Morgan fingerprint density at radius 3 is 2.68 bits per heavy atom. The van der Waals surface area contributed by atoms with E-state index in [0.29, 0.717) is 19.5 Å². The molecule has 5 heteroatoms. The number of benzene rings is 1. The molecule has 1 atom stereocenters. The van der Waals surface area contributed by atoms with Gasteiger partial charge in [-0.1, -0.05) is 30.3 Å². The van der Waals surface area contributed by atoms with Gasteiger partial charge < -0.3 is 9.88 Å². The van der Waals surface area contributed by atoms with Crippen LogP contribution in [0.4, 0.5) is 0 Å². The summed E-state index contributed by atoms with van der Waals surface area (Å²) in [6, 6.07) is 13.1. The summed E-state index contributed by atoms with van der Waals surface area (Å²) in [5.74, 6) is -0.227. The Balaban J connectivity index is 1.61. The third-order valence-corrected chi connectivity index (χ3v) is 4.72. The van der Waals surface area contributed by atoms with Crippen LogP contribution in [0.2, 0.25) is 0 Å². The van der Waals surface area contributed by atoms with E-state index in [1.165, 1.54) is 12.3 Å². The summed E-state index contributed by atoms with van der Waals surface area (Å²) in [6.45, 7) is 0.996. The summed E-state index contributed by atoms with van der Waals surface area (Å²) in [5, 5.41) is 0. The van der Waals surface area contributed by atoms with Gasteiger partial charge in [-0.3, -0.25) is 14.4 Å². The average molecular weight is 338 g/mol. The molecule has 1 aromatic carbocycles. The van der Waals surface area contributed by atoms with Crippen LogP contribution < -0.4 is 5.56 Å². The Hall–Kier alpha value is -2.69. The van der Waals surface area contributed by atoms with Gasteiger partial charge in [0.05, 0.1) is 0 Å². The highest BCUT2D eigenvalue weighted by Crippen LogP contribution is 2.20. The summed E-state index contributed by atoms with van der Waals surface area (Å²) in [6.07, 6.45) is 4.32. The number of carbonyl (C=O) groups is 2. The number of likely N-dealkylation sites (tertiary alicyclic amines) is 1. The molecule has 1 aromatic heterocycles. The van der Waals surface area contributed by atoms with Crippen LogP contribution in [0.25, 0.3) is 0 Å². The first-order valence-electron chi connectivity index (χ1n) is 8.69. The van der Waals surface area contributed by atoms with Gasteiger partial charge in [0.1, 0.15) is 11.3 Å². The maximum Gasteiger partial charge on any atom is 0.260 e. The summed E-state index contributed by atoms with van der Waals surface area (Å²) < 4.78 is 0. The van der Waals surface area contributed by atoms with Gasteiger partial charge in [0.25, 0.3) is 11.5 Å². The molecule has 1 aliphatic heterocycles. The quantitative estimate of drug-likeness (QED) is 0.910. The van der Waals surface area contributed by atoms with Gasteiger partial charge in [-0.15, -0.1) is 0 Å². The van der Waals surface area contributed by atoms with Crippen molar-refractivity contribution < 1.29 is 9.59 Å². The highest BCUT2D eigenvalue weighted by molar-refractivity contribution is 5.94. The number of nitrogens with zero attached hydrogens (tertiary/aromatic N) is 1. The van der Waals surface area contributed by atoms with E-state index in [4.69, 9.17) is 0 Å². The molecule has 0 unspecified atom stereocenters. The smallest absolute Gasteiger partial charge is 0.260 e. The lowest BCUT2D eigenvalue weighted by Gasteiger charge is -2.32. The molecule has 1 aliphatic rings. The molecule has 1 fully saturated rings. The van der Waals surface area contributed by atoms with Gasteiger partial charge >= 0.3 is 0 Å². The van der Waals surface area contributed by atoms with Crippen molar-refractivity contribution >= 4 is 11.7 Å². The first kappa shape index (κ1) is 17.1. The highest BCUT2D eigenvalue weighted by atomic mass is 16.2. The predicted molar refractivity (Wildman–Crippen MR) is 95.5 cm³/mol. The zero-order valence-corrected chi connectivity index (χ0v) is 14.1. The topological polar surface area (TPSA) is 70.2 Å². The number of H-pyrrole nitrogens is 1. The van der Waals surface area contributed by atoms with E-state index in [-0.39, 0.29) is 28.7 Å². The van der Waals surface area contributed by atoms with Crippen LogP contribution in [0.1, 0.15) is 35.2 Å².